The van der Waals surface area contributed by atoms with Gasteiger partial charge in [-0.3, -0.25) is 4.79 Å². The molecule has 23 heavy (non-hydrogen) atoms. The van der Waals surface area contributed by atoms with Gasteiger partial charge in [0.2, 0.25) is 0 Å². The molecule has 1 aliphatic heterocycles. The van der Waals surface area contributed by atoms with Gasteiger partial charge in [0.05, 0.1) is 19.3 Å². The molecule has 1 unspecified atom stereocenters. The van der Waals surface area contributed by atoms with Gasteiger partial charge in [-0.05, 0) is 32.0 Å². The monoisotopic (exact) mass is 323 g/mol. The van der Waals surface area contributed by atoms with Gasteiger partial charge in [0.1, 0.15) is 0 Å². The van der Waals surface area contributed by atoms with Crippen LogP contribution in [0.4, 0.5) is 0 Å². The maximum Gasteiger partial charge on any atom is 0.341 e. The van der Waals surface area contributed by atoms with Crippen molar-refractivity contribution < 1.29 is 28.9 Å². The van der Waals surface area contributed by atoms with Gasteiger partial charge >= 0.3 is 5.97 Å². The zero-order chi connectivity index (χ0) is 16.8. The quantitative estimate of drug-likeness (QED) is 0.852. The van der Waals surface area contributed by atoms with Gasteiger partial charge in [-0.15, -0.1) is 0 Å². The summed E-state index contributed by atoms with van der Waals surface area (Å²) in [6, 6.07) is 4.76. The fourth-order valence-electron chi connectivity index (χ4n) is 2.35. The Morgan fingerprint density at radius 2 is 2.13 bits per heavy atom. The van der Waals surface area contributed by atoms with E-state index in [0.29, 0.717) is 43.4 Å². The second kappa shape index (κ2) is 7.82. The largest absolute Gasteiger partial charge is 0.490 e. The molecule has 1 aromatic rings. The van der Waals surface area contributed by atoms with Gasteiger partial charge < -0.3 is 24.2 Å². The highest BCUT2D eigenvalue weighted by atomic mass is 16.5. The highest BCUT2D eigenvalue weighted by molar-refractivity contribution is 5.95. The average Bonchev–Trinajstić information content (AvgIpc) is 2.53. The number of morpholine rings is 1. The van der Waals surface area contributed by atoms with Crippen LogP contribution in [0.3, 0.4) is 0 Å². The number of carbonyl (C=O) groups excluding carboxylic acids is 1. The number of carboxylic acids is 1. The minimum absolute atomic E-state index is 0.0113. The van der Waals surface area contributed by atoms with Crippen molar-refractivity contribution in [2.24, 2.45) is 0 Å². The molecule has 2 rings (SSSR count). The van der Waals surface area contributed by atoms with Crippen LogP contribution in [0, 0.1) is 0 Å². The standard InChI is InChI=1S/C16H21NO6/c1-3-21-14-8-12(4-5-13(14)23-10-15(18)19)16(20)17-6-7-22-11(2)9-17/h4-5,8,11H,3,6-7,9-10H2,1-2H3,(H,18,19). The van der Waals surface area contributed by atoms with Crippen LogP contribution in [0.1, 0.15) is 24.2 Å². The number of rotatable bonds is 6. The summed E-state index contributed by atoms with van der Waals surface area (Å²) in [5.41, 5.74) is 0.477. The van der Waals surface area contributed by atoms with Crippen molar-refractivity contribution in [1.29, 1.82) is 0 Å². The Labute approximate surface area is 134 Å². The second-order valence-electron chi connectivity index (χ2n) is 5.21. The summed E-state index contributed by atoms with van der Waals surface area (Å²) in [7, 11) is 0. The number of carbonyl (C=O) groups is 2. The van der Waals surface area contributed by atoms with Crippen molar-refractivity contribution in [2.75, 3.05) is 32.9 Å². The van der Waals surface area contributed by atoms with E-state index >= 15 is 0 Å². The van der Waals surface area contributed by atoms with E-state index < -0.39 is 12.6 Å². The second-order valence-corrected chi connectivity index (χ2v) is 5.21. The first kappa shape index (κ1) is 17.1. The fourth-order valence-corrected chi connectivity index (χ4v) is 2.35. The molecule has 0 saturated carbocycles. The Bertz CT molecular complexity index is 574. The SMILES string of the molecule is CCOc1cc(C(=O)N2CCOC(C)C2)ccc1OCC(=O)O. The Morgan fingerprint density at radius 3 is 2.78 bits per heavy atom. The Hall–Kier alpha value is -2.28. The third kappa shape index (κ3) is 4.59. The first-order valence-electron chi connectivity index (χ1n) is 7.53. The smallest absolute Gasteiger partial charge is 0.341 e. The van der Waals surface area contributed by atoms with Crippen molar-refractivity contribution in [3.63, 3.8) is 0 Å². The maximum atomic E-state index is 12.6. The summed E-state index contributed by atoms with van der Waals surface area (Å²) >= 11 is 0. The van der Waals surface area contributed by atoms with Crippen LogP contribution >= 0.6 is 0 Å². The van der Waals surface area contributed by atoms with Crippen molar-refractivity contribution in [3.8, 4) is 11.5 Å². The molecular weight excluding hydrogens is 302 g/mol. The van der Waals surface area contributed by atoms with Crippen LogP contribution in [-0.2, 0) is 9.53 Å². The van der Waals surface area contributed by atoms with Crippen LogP contribution in [0.15, 0.2) is 18.2 Å². The maximum absolute atomic E-state index is 12.6. The molecule has 7 nitrogen and oxygen atoms in total. The Balaban J connectivity index is 2.17. The number of ether oxygens (including phenoxy) is 3. The minimum atomic E-state index is -1.07. The molecule has 0 radical (unpaired) electrons. The van der Waals surface area contributed by atoms with E-state index in [1.54, 1.807) is 30.0 Å². The van der Waals surface area contributed by atoms with Crippen LogP contribution in [0.25, 0.3) is 0 Å². The van der Waals surface area contributed by atoms with Gasteiger partial charge in [0.25, 0.3) is 5.91 Å². The lowest BCUT2D eigenvalue weighted by molar-refractivity contribution is -0.139. The molecule has 1 amide bonds. The molecule has 1 atom stereocenters. The summed E-state index contributed by atoms with van der Waals surface area (Å²) in [6.07, 6.45) is 0.0113. The number of carboxylic acid groups (broad SMARTS) is 1. The molecule has 0 bridgehead atoms. The van der Waals surface area contributed by atoms with Crippen molar-refractivity contribution in [1.82, 2.24) is 4.90 Å². The molecule has 1 heterocycles. The van der Waals surface area contributed by atoms with Crippen LogP contribution in [-0.4, -0.2) is 60.9 Å². The van der Waals surface area contributed by atoms with Gasteiger partial charge in [-0.2, -0.15) is 0 Å². The average molecular weight is 323 g/mol. The third-order valence-corrected chi connectivity index (χ3v) is 3.37. The lowest BCUT2D eigenvalue weighted by Crippen LogP contribution is -2.44. The number of benzene rings is 1. The van der Waals surface area contributed by atoms with E-state index in [4.69, 9.17) is 19.3 Å². The highest BCUT2D eigenvalue weighted by Crippen LogP contribution is 2.29. The van der Waals surface area contributed by atoms with E-state index in [1.807, 2.05) is 6.92 Å². The summed E-state index contributed by atoms with van der Waals surface area (Å²) in [5, 5.41) is 8.69. The molecule has 1 saturated heterocycles. The minimum Gasteiger partial charge on any atom is -0.490 e. The molecular formula is C16H21NO6. The number of hydrogen-bond donors (Lipinski definition) is 1. The van der Waals surface area contributed by atoms with Gasteiger partial charge in [-0.1, -0.05) is 0 Å². The first-order valence-corrected chi connectivity index (χ1v) is 7.53. The summed E-state index contributed by atoms with van der Waals surface area (Å²) in [5.74, 6) is -0.511. The molecule has 1 aliphatic rings. The van der Waals surface area contributed by atoms with Crippen molar-refractivity contribution >= 4 is 11.9 Å². The van der Waals surface area contributed by atoms with Crippen LogP contribution in [0.5, 0.6) is 11.5 Å². The summed E-state index contributed by atoms with van der Waals surface area (Å²) in [6.45, 7) is 5.26. The van der Waals surface area contributed by atoms with E-state index in [0.717, 1.165) is 0 Å². The summed E-state index contributed by atoms with van der Waals surface area (Å²) < 4.78 is 16.1. The van der Waals surface area contributed by atoms with Gasteiger partial charge in [0.15, 0.2) is 18.1 Å². The predicted octanol–water partition coefficient (Wildman–Crippen LogP) is 1.41. The first-order chi connectivity index (χ1) is 11.0. The van der Waals surface area contributed by atoms with Gasteiger partial charge in [0, 0.05) is 18.7 Å². The Morgan fingerprint density at radius 1 is 1.35 bits per heavy atom. The molecule has 1 aromatic carbocycles. The molecule has 7 heteroatoms. The topological polar surface area (TPSA) is 85.3 Å². The molecule has 0 aliphatic carbocycles. The predicted molar refractivity (Wildman–Crippen MR) is 82.1 cm³/mol. The summed E-state index contributed by atoms with van der Waals surface area (Å²) in [4.78, 5) is 24.9. The number of amides is 1. The molecule has 126 valence electrons. The molecule has 1 N–H and O–H groups in total. The molecule has 0 aromatic heterocycles. The van der Waals surface area contributed by atoms with E-state index in [2.05, 4.69) is 0 Å². The molecule has 1 fully saturated rings. The van der Waals surface area contributed by atoms with Gasteiger partial charge in [-0.25, -0.2) is 4.79 Å². The highest BCUT2D eigenvalue weighted by Gasteiger charge is 2.23. The van der Waals surface area contributed by atoms with E-state index in [9.17, 15) is 9.59 Å². The number of nitrogens with zero attached hydrogens (tertiary/aromatic N) is 1. The van der Waals surface area contributed by atoms with Crippen LogP contribution < -0.4 is 9.47 Å². The normalized spacial score (nSPS) is 17.7. The van der Waals surface area contributed by atoms with Crippen molar-refractivity contribution in [3.05, 3.63) is 23.8 Å². The fraction of sp³-hybridized carbons (Fsp3) is 0.500. The number of hydrogen-bond acceptors (Lipinski definition) is 5. The van der Waals surface area contributed by atoms with Crippen LogP contribution in [0.2, 0.25) is 0 Å². The zero-order valence-electron chi connectivity index (χ0n) is 13.3. The Kier molecular flexibility index (Phi) is 5.81. The van der Waals surface area contributed by atoms with E-state index in [-0.39, 0.29) is 12.0 Å². The lowest BCUT2D eigenvalue weighted by atomic mass is 10.1. The van der Waals surface area contributed by atoms with E-state index in [1.165, 1.54) is 0 Å². The third-order valence-electron chi connectivity index (χ3n) is 3.37. The van der Waals surface area contributed by atoms with Crippen molar-refractivity contribution in [2.45, 2.75) is 20.0 Å². The molecule has 0 spiro atoms. The number of aliphatic carboxylic acids is 1. The zero-order valence-corrected chi connectivity index (χ0v) is 13.3. The lowest BCUT2D eigenvalue weighted by Gasteiger charge is -2.31.